The largest absolute Gasteiger partial charge is 0.492 e. The number of allylic oxidation sites excluding steroid dienone is 4. The van der Waals surface area contributed by atoms with Gasteiger partial charge in [-0.15, -0.1) is 0 Å². The minimum absolute atomic E-state index is 0.0455. The third-order valence-electron chi connectivity index (χ3n) is 4.92. The Hall–Kier alpha value is -2.87. The average molecular weight is 485 g/mol. The fourth-order valence-electron chi connectivity index (χ4n) is 3.35. The Morgan fingerprint density at radius 2 is 1.91 bits per heavy atom. The van der Waals surface area contributed by atoms with Crippen LogP contribution in [0.1, 0.15) is 24.8 Å². The normalized spacial score (nSPS) is 17.0. The van der Waals surface area contributed by atoms with Gasteiger partial charge in [-0.25, -0.2) is 23.1 Å². The number of ether oxygens (including phenoxy) is 2. The maximum Gasteiger partial charge on any atom is 0.208 e. The Bertz CT molecular complexity index is 1300. The van der Waals surface area contributed by atoms with E-state index in [-0.39, 0.29) is 18.8 Å². The van der Waals surface area contributed by atoms with Crippen molar-refractivity contribution in [1.29, 1.82) is 0 Å². The van der Waals surface area contributed by atoms with E-state index < -0.39 is 10.0 Å². The summed E-state index contributed by atoms with van der Waals surface area (Å²) < 4.78 is 37.0. The van der Waals surface area contributed by atoms with E-state index in [1.165, 1.54) is 5.31 Å². The maximum absolute atomic E-state index is 11.2. The number of pyridine rings is 1. The standard InChI is InChI=1S/C23H25N4O4PS/c1-3-17-6-8-21(22(32-17)23-25-10-4-11-26-23)31-20-9-12-24-19-7-5-16(15-18(19)20)30-14-13-27-33(2,28)29/h4-12,15,22,27,32H,3,13-14H2,1-2H3. The average Bonchev–Trinajstić information content (AvgIpc) is 2.82. The third-order valence-corrected chi connectivity index (χ3v) is 7.37. The molecule has 4 rings (SSSR count). The second-order valence-electron chi connectivity index (χ2n) is 7.40. The van der Waals surface area contributed by atoms with Crippen LogP contribution in [0, 0.1) is 0 Å². The van der Waals surface area contributed by atoms with Crippen LogP contribution in [0.5, 0.6) is 11.5 Å². The van der Waals surface area contributed by atoms with Gasteiger partial charge in [0.15, 0.2) is 0 Å². The zero-order chi connectivity index (χ0) is 23.3. The fourth-order valence-corrected chi connectivity index (χ4v) is 5.13. The molecule has 0 spiro atoms. The molecule has 0 fully saturated rings. The zero-order valence-electron chi connectivity index (χ0n) is 18.4. The molecule has 0 bridgehead atoms. The van der Waals surface area contributed by atoms with Crippen molar-refractivity contribution >= 4 is 29.5 Å². The van der Waals surface area contributed by atoms with Gasteiger partial charge in [0.05, 0.1) is 17.4 Å². The van der Waals surface area contributed by atoms with Crippen LogP contribution in [-0.4, -0.2) is 42.8 Å². The SMILES string of the molecule is CCC1=CC=C(Oc2ccnc3ccc(OCCNS(C)(=O)=O)cc23)C(c2ncccn2)P1. The van der Waals surface area contributed by atoms with E-state index in [0.717, 1.165) is 35.2 Å². The van der Waals surface area contributed by atoms with E-state index in [4.69, 9.17) is 9.47 Å². The number of nitrogens with one attached hydrogen (secondary N) is 1. The molecule has 33 heavy (non-hydrogen) atoms. The van der Waals surface area contributed by atoms with Gasteiger partial charge in [-0.2, -0.15) is 0 Å². The summed E-state index contributed by atoms with van der Waals surface area (Å²) in [5, 5.41) is 2.14. The van der Waals surface area contributed by atoms with E-state index in [9.17, 15) is 8.42 Å². The van der Waals surface area contributed by atoms with Crippen molar-refractivity contribution in [2.24, 2.45) is 0 Å². The van der Waals surface area contributed by atoms with Crippen molar-refractivity contribution in [3.63, 3.8) is 0 Å². The molecule has 1 aliphatic rings. The number of sulfonamides is 1. The lowest BCUT2D eigenvalue weighted by atomic mass is 10.2. The smallest absolute Gasteiger partial charge is 0.208 e. The Morgan fingerprint density at radius 3 is 2.67 bits per heavy atom. The van der Waals surface area contributed by atoms with Gasteiger partial charge < -0.3 is 9.47 Å². The van der Waals surface area contributed by atoms with E-state index in [1.54, 1.807) is 30.7 Å². The number of aromatic nitrogens is 3. The minimum Gasteiger partial charge on any atom is -0.492 e. The highest BCUT2D eigenvalue weighted by molar-refractivity contribution is 7.88. The summed E-state index contributed by atoms with van der Waals surface area (Å²) >= 11 is 0. The number of hydrogen-bond acceptors (Lipinski definition) is 7. The molecule has 2 aromatic heterocycles. The Kier molecular flexibility index (Phi) is 7.33. The van der Waals surface area contributed by atoms with E-state index >= 15 is 0 Å². The Morgan fingerprint density at radius 1 is 1.09 bits per heavy atom. The molecule has 8 nitrogen and oxygen atoms in total. The summed E-state index contributed by atoms with van der Waals surface area (Å²) in [7, 11) is -2.74. The first-order chi connectivity index (χ1) is 15.9. The monoisotopic (exact) mass is 484 g/mol. The molecular weight excluding hydrogens is 459 g/mol. The number of hydrogen-bond donors (Lipinski definition) is 1. The summed E-state index contributed by atoms with van der Waals surface area (Å²) in [5.74, 6) is 2.78. The summed E-state index contributed by atoms with van der Waals surface area (Å²) in [5.41, 5.74) is 0.723. The van der Waals surface area contributed by atoms with Crippen molar-refractivity contribution in [3.8, 4) is 11.5 Å². The van der Waals surface area contributed by atoms with Crippen LogP contribution < -0.4 is 14.2 Å². The van der Waals surface area contributed by atoms with Gasteiger partial charge >= 0.3 is 0 Å². The molecule has 0 radical (unpaired) electrons. The molecule has 1 aliphatic heterocycles. The first-order valence-electron chi connectivity index (χ1n) is 10.5. The highest BCUT2D eigenvalue weighted by atomic mass is 32.2. The fraction of sp³-hybridized carbons (Fsp3) is 0.261. The van der Waals surface area contributed by atoms with Crippen LogP contribution in [0.25, 0.3) is 10.9 Å². The molecule has 0 amide bonds. The van der Waals surface area contributed by atoms with Gasteiger partial charge in [-0.1, -0.05) is 21.6 Å². The van der Waals surface area contributed by atoms with Gasteiger partial charge in [0.2, 0.25) is 10.0 Å². The second-order valence-corrected chi connectivity index (χ2v) is 10.7. The minimum atomic E-state index is -3.25. The van der Waals surface area contributed by atoms with Gasteiger partial charge in [-0.3, -0.25) is 4.98 Å². The van der Waals surface area contributed by atoms with E-state index in [0.29, 0.717) is 20.1 Å². The molecule has 2 atom stereocenters. The first-order valence-corrected chi connectivity index (χ1v) is 13.5. The predicted octanol–water partition coefficient (Wildman–Crippen LogP) is 3.94. The number of rotatable bonds is 9. The molecule has 10 heteroatoms. The molecule has 2 unspecified atom stereocenters. The van der Waals surface area contributed by atoms with Crippen LogP contribution in [-0.2, 0) is 10.0 Å². The van der Waals surface area contributed by atoms with E-state index in [1.807, 2.05) is 24.3 Å². The lowest BCUT2D eigenvalue weighted by molar-refractivity contribution is 0.323. The highest BCUT2D eigenvalue weighted by Gasteiger charge is 2.25. The quantitative estimate of drug-likeness (QED) is 0.362. The Labute approximate surface area is 195 Å². The summed E-state index contributed by atoms with van der Waals surface area (Å²) in [6.07, 6.45) is 11.4. The van der Waals surface area contributed by atoms with Crippen molar-refractivity contribution in [1.82, 2.24) is 19.7 Å². The van der Waals surface area contributed by atoms with Crippen LogP contribution in [0.2, 0.25) is 0 Å². The Balaban J connectivity index is 1.59. The van der Waals surface area contributed by atoms with Crippen molar-refractivity contribution < 1.29 is 17.9 Å². The van der Waals surface area contributed by atoms with Crippen LogP contribution in [0.15, 0.2) is 72.1 Å². The first kappa shape index (κ1) is 23.3. The predicted molar refractivity (Wildman–Crippen MR) is 130 cm³/mol. The van der Waals surface area contributed by atoms with Gasteiger partial charge in [-0.05, 0) is 48.1 Å². The molecule has 3 aromatic rings. The molecule has 0 saturated heterocycles. The number of benzene rings is 1. The van der Waals surface area contributed by atoms with Gasteiger partial charge in [0.25, 0.3) is 0 Å². The topological polar surface area (TPSA) is 103 Å². The van der Waals surface area contributed by atoms with Crippen molar-refractivity contribution in [2.75, 3.05) is 19.4 Å². The highest BCUT2D eigenvalue weighted by Crippen LogP contribution is 2.49. The molecule has 172 valence electrons. The van der Waals surface area contributed by atoms with Crippen LogP contribution in [0.4, 0.5) is 0 Å². The number of nitrogens with zero attached hydrogens (tertiary/aromatic N) is 3. The second kappa shape index (κ2) is 10.4. The summed E-state index contributed by atoms with van der Waals surface area (Å²) in [6, 6.07) is 9.14. The molecular formula is C23H25N4O4PS. The molecule has 3 heterocycles. The van der Waals surface area contributed by atoms with Gasteiger partial charge in [0, 0.05) is 30.5 Å². The lowest BCUT2D eigenvalue weighted by Gasteiger charge is -2.24. The molecule has 1 N–H and O–H groups in total. The van der Waals surface area contributed by atoms with Crippen LogP contribution in [0.3, 0.4) is 0 Å². The zero-order valence-corrected chi connectivity index (χ0v) is 20.2. The third kappa shape index (κ3) is 6.13. The van der Waals surface area contributed by atoms with Gasteiger partial charge in [0.1, 0.15) is 29.7 Å². The maximum atomic E-state index is 11.2. The molecule has 0 saturated carbocycles. The summed E-state index contributed by atoms with van der Waals surface area (Å²) in [6.45, 7) is 2.54. The van der Waals surface area contributed by atoms with Crippen LogP contribution >= 0.6 is 8.58 Å². The van der Waals surface area contributed by atoms with Crippen molar-refractivity contribution in [2.45, 2.75) is 19.0 Å². The lowest BCUT2D eigenvalue weighted by Crippen LogP contribution is -2.26. The van der Waals surface area contributed by atoms with Crippen molar-refractivity contribution in [3.05, 3.63) is 78.0 Å². The molecule has 1 aromatic carbocycles. The number of fused-ring (bicyclic) bond motifs is 1. The van der Waals surface area contributed by atoms with E-state index in [2.05, 4.69) is 32.7 Å². The molecule has 0 aliphatic carbocycles. The summed E-state index contributed by atoms with van der Waals surface area (Å²) in [4.78, 5) is 13.4.